The van der Waals surface area contributed by atoms with Crippen molar-refractivity contribution in [3.63, 3.8) is 0 Å². The Hall–Kier alpha value is -1.04. The zero-order valence-electron chi connectivity index (χ0n) is 9.68. The van der Waals surface area contributed by atoms with Crippen molar-refractivity contribution in [2.75, 3.05) is 4.72 Å². The normalized spacial score (nSPS) is 11.4. The van der Waals surface area contributed by atoms with Crippen LogP contribution in [0.1, 0.15) is 11.8 Å². The van der Waals surface area contributed by atoms with Crippen LogP contribution in [0.25, 0.3) is 0 Å². The van der Waals surface area contributed by atoms with Crippen molar-refractivity contribution in [1.82, 2.24) is 0 Å². The van der Waals surface area contributed by atoms with Crippen LogP contribution in [0.15, 0.2) is 40.6 Å². The number of benzene rings is 1. The van der Waals surface area contributed by atoms with Crippen LogP contribution in [-0.2, 0) is 16.4 Å². The number of nitrogens with one attached hydrogen (secondary N) is 1. The van der Waals surface area contributed by atoms with E-state index < -0.39 is 10.0 Å². The van der Waals surface area contributed by atoms with Crippen LogP contribution < -0.4 is 4.72 Å². The fourth-order valence-electron chi connectivity index (χ4n) is 1.42. The van der Waals surface area contributed by atoms with Crippen LogP contribution in [0.2, 0.25) is 5.02 Å². The van der Waals surface area contributed by atoms with Crippen LogP contribution in [0, 0.1) is 0 Å². The maximum atomic E-state index is 12.1. The van der Waals surface area contributed by atoms with E-state index in [-0.39, 0.29) is 0 Å². The summed E-state index contributed by atoms with van der Waals surface area (Å²) in [4.78, 5) is 1.05. The molecule has 2 rings (SSSR count). The number of sulfonamides is 1. The summed E-state index contributed by atoms with van der Waals surface area (Å²) in [6.45, 7) is 1.99. The summed E-state index contributed by atoms with van der Waals surface area (Å²) in [6, 6.07) is 10.0. The van der Waals surface area contributed by atoms with Gasteiger partial charge in [-0.25, -0.2) is 8.42 Å². The summed E-state index contributed by atoms with van der Waals surface area (Å²) in [7, 11) is -3.49. The molecule has 1 aromatic heterocycles. The number of halogens is 1. The lowest BCUT2D eigenvalue weighted by Gasteiger charge is -2.05. The molecule has 1 N–H and O–H groups in total. The van der Waals surface area contributed by atoms with Crippen molar-refractivity contribution in [2.45, 2.75) is 17.6 Å². The molecule has 3 nitrogen and oxygen atoms in total. The van der Waals surface area contributed by atoms with Crippen molar-refractivity contribution < 1.29 is 8.42 Å². The van der Waals surface area contributed by atoms with E-state index in [1.54, 1.807) is 30.3 Å². The minimum absolute atomic E-state index is 0.328. The smallest absolute Gasteiger partial charge is 0.271 e. The number of rotatable bonds is 4. The number of anilines is 1. The molecule has 6 heteroatoms. The lowest BCUT2D eigenvalue weighted by atomic mass is 10.3. The van der Waals surface area contributed by atoms with Gasteiger partial charge in [-0.1, -0.05) is 18.5 Å². The molecule has 0 aliphatic rings. The second-order valence-electron chi connectivity index (χ2n) is 3.69. The van der Waals surface area contributed by atoms with Crippen molar-refractivity contribution in [3.8, 4) is 0 Å². The summed E-state index contributed by atoms with van der Waals surface area (Å²) in [6.07, 6.45) is 0.834. The molecule has 0 spiro atoms. The first kappa shape index (κ1) is 13.4. The minimum atomic E-state index is -3.49. The Morgan fingerprint density at radius 3 is 2.39 bits per heavy atom. The Kier molecular flexibility index (Phi) is 3.94. The summed E-state index contributed by atoms with van der Waals surface area (Å²) in [5.41, 5.74) is 0.505. The van der Waals surface area contributed by atoms with E-state index in [0.29, 0.717) is 14.9 Å². The van der Waals surface area contributed by atoms with E-state index in [1.807, 2.05) is 13.0 Å². The predicted molar refractivity (Wildman–Crippen MR) is 76.0 cm³/mol. The summed E-state index contributed by atoms with van der Waals surface area (Å²) >= 11 is 7.03. The number of thiophene rings is 1. The van der Waals surface area contributed by atoms with Crippen LogP contribution in [0.4, 0.5) is 5.69 Å². The molecule has 0 unspecified atom stereocenters. The highest BCUT2D eigenvalue weighted by Gasteiger charge is 2.16. The van der Waals surface area contributed by atoms with E-state index >= 15 is 0 Å². The van der Waals surface area contributed by atoms with Gasteiger partial charge in [0.15, 0.2) is 0 Å². The summed E-state index contributed by atoms with van der Waals surface area (Å²) in [5.74, 6) is 0. The summed E-state index contributed by atoms with van der Waals surface area (Å²) < 4.78 is 27.0. The highest BCUT2D eigenvalue weighted by atomic mass is 35.5. The van der Waals surface area contributed by atoms with Crippen molar-refractivity contribution in [3.05, 3.63) is 46.3 Å². The number of hydrogen-bond acceptors (Lipinski definition) is 3. The molecule has 0 fully saturated rings. The van der Waals surface area contributed by atoms with Gasteiger partial charge in [-0.05, 0) is 42.8 Å². The first-order valence-electron chi connectivity index (χ1n) is 5.38. The topological polar surface area (TPSA) is 46.2 Å². The fraction of sp³-hybridized carbons (Fsp3) is 0.167. The maximum Gasteiger partial charge on any atom is 0.271 e. The van der Waals surface area contributed by atoms with Gasteiger partial charge in [-0.2, -0.15) is 0 Å². The monoisotopic (exact) mass is 301 g/mol. The van der Waals surface area contributed by atoms with Crippen LogP contribution >= 0.6 is 22.9 Å². The highest BCUT2D eigenvalue weighted by Crippen LogP contribution is 2.24. The van der Waals surface area contributed by atoms with Gasteiger partial charge in [0, 0.05) is 15.6 Å². The fourth-order valence-corrected chi connectivity index (χ4v) is 3.90. The van der Waals surface area contributed by atoms with E-state index in [2.05, 4.69) is 4.72 Å². The van der Waals surface area contributed by atoms with E-state index in [0.717, 1.165) is 11.3 Å². The minimum Gasteiger partial charge on any atom is -0.279 e. The second kappa shape index (κ2) is 5.30. The molecule has 1 heterocycles. The van der Waals surface area contributed by atoms with Crippen LogP contribution in [-0.4, -0.2) is 8.42 Å². The third kappa shape index (κ3) is 3.04. The van der Waals surface area contributed by atoms with Gasteiger partial charge < -0.3 is 0 Å². The van der Waals surface area contributed by atoms with Gasteiger partial charge >= 0.3 is 0 Å². The third-order valence-electron chi connectivity index (χ3n) is 2.35. The average molecular weight is 302 g/mol. The van der Waals surface area contributed by atoms with Gasteiger partial charge in [0.25, 0.3) is 10.0 Å². The largest absolute Gasteiger partial charge is 0.279 e. The standard InChI is InChI=1S/C12H12ClNO2S2/c1-2-11-7-8-12(17-11)18(15,16)14-10-5-3-9(13)4-6-10/h3-8,14H,2H2,1H3. The molecule has 0 amide bonds. The molecule has 0 aliphatic heterocycles. The van der Waals surface area contributed by atoms with Gasteiger partial charge in [0.1, 0.15) is 4.21 Å². The Balaban J connectivity index is 2.24. The Labute approximate surface area is 115 Å². The Morgan fingerprint density at radius 2 is 1.83 bits per heavy atom. The van der Waals surface area contributed by atoms with Crippen molar-refractivity contribution in [1.29, 1.82) is 0 Å². The molecule has 1 aromatic carbocycles. The third-order valence-corrected chi connectivity index (χ3v) is 5.70. The molecule has 0 atom stereocenters. The molecule has 0 aliphatic carbocycles. The molecule has 2 aromatic rings. The maximum absolute atomic E-state index is 12.1. The van der Waals surface area contributed by atoms with Crippen LogP contribution in [0.5, 0.6) is 0 Å². The number of aryl methyl sites for hydroxylation is 1. The zero-order chi connectivity index (χ0) is 13.2. The quantitative estimate of drug-likeness (QED) is 0.934. The molecule has 0 saturated carbocycles. The number of hydrogen-bond donors (Lipinski definition) is 1. The van der Waals surface area contributed by atoms with Gasteiger partial charge in [-0.15, -0.1) is 11.3 Å². The summed E-state index contributed by atoms with van der Waals surface area (Å²) in [5, 5.41) is 0.572. The van der Waals surface area contributed by atoms with E-state index in [4.69, 9.17) is 11.6 Å². The lowest BCUT2D eigenvalue weighted by molar-refractivity contribution is 0.603. The van der Waals surface area contributed by atoms with Crippen LogP contribution in [0.3, 0.4) is 0 Å². The van der Waals surface area contributed by atoms with E-state index in [1.165, 1.54) is 11.3 Å². The predicted octanol–water partition coefficient (Wildman–Crippen LogP) is 3.76. The van der Waals surface area contributed by atoms with Crippen molar-refractivity contribution >= 4 is 38.6 Å². The van der Waals surface area contributed by atoms with Gasteiger partial charge in [-0.3, -0.25) is 4.72 Å². The lowest BCUT2D eigenvalue weighted by Crippen LogP contribution is -2.11. The molecule has 96 valence electrons. The SMILES string of the molecule is CCc1ccc(S(=O)(=O)Nc2ccc(Cl)cc2)s1. The molecule has 0 bridgehead atoms. The molecular weight excluding hydrogens is 290 g/mol. The Bertz CT molecular complexity index is 632. The molecular formula is C12H12ClNO2S2. The average Bonchev–Trinajstić information content (AvgIpc) is 2.81. The zero-order valence-corrected chi connectivity index (χ0v) is 12.1. The second-order valence-corrected chi connectivity index (χ2v) is 7.20. The van der Waals surface area contributed by atoms with Gasteiger partial charge in [0.2, 0.25) is 0 Å². The highest BCUT2D eigenvalue weighted by molar-refractivity contribution is 7.94. The van der Waals surface area contributed by atoms with Gasteiger partial charge in [0.05, 0.1) is 0 Å². The van der Waals surface area contributed by atoms with E-state index in [9.17, 15) is 8.42 Å². The Morgan fingerprint density at radius 1 is 1.17 bits per heavy atom. The van der Waals surface area contributed by atoms with Crippen molar-refractivity contribution in [2.24, 2.45) is 0 Å². The first-order chi connectivity index (χ1) is 8.51. The first-order valence-corrected chi connectivity index (χ1v) is 8.06. The molecule has 0 radical (unpaired) electrons. The molecule has 18 heavy (non-hydrogen) atoms. The molecule has 0 saturated heterocycles.